The SMILES string of the molecule is CCOC1CC(N)(C(=O)Nc2ccncc2F)C1(C)C. The first-order valence-corrected chi connectivity index (χ1v) is 6.64. The van der Waals surface area contributed by atoms with Crippen LogP contribution in [0.15, 0.2) is 18.5 Å². The van der Waals surface area contributed by atoms with Gasteiger partial charge in [0, 0.05) is 24.6 Å². The maximum absolute atomic E-state index is 13.5. The molecule has 110 valence electrons. The number of anilines is 1. The van der Waals surface area contributed by atoms with Gasteiger partial charge in [-0.1, -0.05) is 13.8 Å². The third-order valence-electron chi connectivity index (χ3n) is 4.26. The minimum Gasteiger partial charge on any atom is -0.378 e. The summed E-state index contributed by atoms with van der Waals surface area (Å²) >= 11 is 0. The number of hydrogen-bond donors (Lipinski definition) is 2. The van der Waals surface area contributed by atoms with E-state index in [4.69, 9.17) is 10.5 Å². The predicted octanol–water partition coefficient (Wildman–Crippen LogP) is 1.69. The first kappa shape index (κ1) is 14.9. The van der Waals surface area contributed by atoms with E-state index in [0.29, 0.717) is 13.0 Å². The highest BCUT2D eigenvalue weighted by atomic mass is 19.1. The summed E-state index contributed by atoms with van der Waals surface area (Å²) in [5.74, 6) is -0.980. The monoisotopic (exact) mass is 281 g/mol. The topological polar surface area (TPSA) is 77.2 Å². The van der Waals surface area contributed by atoms with Gasteiger partial charge in [0.2, 0.25) is 5.91 Å². The number of rotatable bonds is 4. The largest absolute Gasteiger partial charge is 0.378 e. The molecule has 3 N–H and O–H groups in total. The van der Waals surface area contributed by atoms with Crippen molar-refractivity contribution in [1.29, 1.82) is 0 Å². The van der Waals surface area contributed by atoms with E-state index in [-0.39, 0.29) is 11.8 Å². The van der Waals surface area contributed by atoms with Gasteiger partial charge in [-0.3, -0.25) is 9.78 Å². The molecule has 0 saturated heterocycles. The summed E-state index contributed by atoms with van der Waals surface area (Å²) in [6.45, 7) is 6.25. The standard InChI is InChI=1S/C14H20FN3O2/c1-4-20-11-7-14(16,13(11,2)3)12(19)18-10-5-6-17-8-9(10)15/h5-6,8,11H,4,7,16H2,1-3H3,(H,17,18,19). The Labute approximate surface area is 117 Å². The predicted molar refractivity (Wildman–Crippen MR) is 73.6 cm³/mol. The van der Waals surface area contributed by atoms with E-state index < -0.39 is 22.7 Å². The van der Waals surface area contributed by atoms with Crippen molar-refractivity contribution in [3.63, 3.8) is 0 Å². The Balaban J connectivity index is 2.12. The van der Waals surface area contributed by atoms with E-state index in [1.165, 1.54) is 12.3 Å². The molecule has 0 aliphatic heterocycles. The zero-order valence-electron chi connectivity index (χ0n) is 11.9. The van der Waals surface area contributed by atoms with Gasteiger partial charge in [0.1, 0.15) is 5.54 Å². The fraction of sp³-hybridized carbons (Fsp3) is 0.571. The molecule has 2 unspecified atom stereocenters. The van der Waals surface area contributed by atoms with Gasteiger partial charge in [0.15, 0.2) is 5.82 Å². The van der Waals surface area contributed by atoms with Crippen molar-refractivity contribution in [3.05, 3.63) is 24.3 Å². The molecule has 0 spiro atoms. The molecular formula is C14H20FN3O2. The van der Waals surface area contributed by atoms with Crippen molar-refractivity contribution in [2.75, 3.05) is 11.9 Å². The summed E-state index contributed by atoms with van der Waals surface area (Å²) in [6, 6.07) is 1.41. The van der Waals surface area contributed by atoms with Crippen LogP contribution in [-0.2, 0) is 9.53 Å². The Hall–Kier alpha value is -1.53. The Morgan fingerprint density at radius 3 is 2.90 bits per heavy atom. The van der Waals surface area contributed by atoms with Gasteiger partial charge >= 0.3 is 0 Å². The molecule has 1 fully saturated rings. The fourth-order valence-electron chi connectivity index (χ4n) is 2.53. The highest BCUT2D eigenvalue weighted by molar-refractivity contribution is 5.99. The van der Waals surface area contributed by atoms with Crippen LogP contribution >= 0.6 is 0 Å². The number of nitrogens with zero attached hydrogens (tertiary/aromatic N) is 1. The van der Waals surface area contributed by atoms with Crippen LogP contribution in [0.1, 0.15) is 27.2 Å². The molecule has 1 aliphatic rings. The van der Waals surface area contributed by atoms with Crippen LogP contribution in [0.3, 0.4) is 0 Å². The third kappa shape index (κ3) is 2.19. The lowest BCUT2D eigenvalue weighted by atomic mass is 9.54. The molecule has 1 amide bonds. The molecule has 1 aromatic heterocycles. The average molecular weight is 281 g/mol. The van der Waals surface area contributed by atoms with Crippen molar-refractivity contribution < 1.29 is 13.9 Å². The summed E-state index contributed by atoms with van der Waals surface area (Å²) in [5, 5.41) is 2.54. The van der Waals surface area contributed by atoms with E-state index >= 15 is 0 Å². The van der Waals surface area contributed by atoms with E-state index in [1.807, 2.05) is 20.8 Å². The van der Waals surface area contributed by atoms with E-state index in [9.17, 15) is 9.18 Å². The van der Waals surface area contributed by atoms with Crippen molar-refractivity contribution in [1.82, 2.24) is 4.98 Å². The first-order valence-electron chi connectivity index (χ1n) is 6.64. The van der Waals surface area contributed by atoms with Gasteiger partial charge in [-0.2, -0.15) is 0 Å². The molecule has 5 nitrogen and oxygen atoms in total. The summed E-state index contributed by atoms with van der Waals surface area (Å²) < 4.78 is 19.1. The van der Waals surface area contributed by atoms with Crippen LogP contribution in [0.4, 0.5) is 10.1 Å². The molecule has 1 heterocycles. The second kappa shape index (κ2) is 5.10. The number of nitrogens with one attached hydrogen (secondary N) is 1. The first-order chi connectivity index (χ1) is 9.33. The zero-order chi connectivity index (χ0) is 15.0. The van der Waals surface area contributed by atoms with Gasteiger partial charge in [-0.15, -0.1) is 0 Å². The van der Waals surface area contributed by atoms with E-state index in [2.05, 4.69) is 10.3 Å². The molecule has 0 bridgehead atoms. The summed E-state index contributed by atoms with van der Waals surface area (Å²) in [6.07, 6.45) is 2.82. The molecule has 1 saturated carbocycles. The molecule has 0 radical (unpaired) electrons. The summed E-state index contributed by atoms with van der Waals surface area (Å²) in [5.41, 5.74) is 4.73. The van der Waals surface area contributed by atoms with Crippen LogP contribution in [0, 0.1) is 11.2 Å². The van der Waals surface area contributed by atoms with E-state index in [0.717, 1.165) is 6.20 Å². The van der Waals surface area contributed by atoms with Crippen molar-refractivity contribution >= 4 is 11.6 Å². The van der Waals surface area contributed by atoms with Gasteiger partial charge < -0.3 is 15.8 Å². The molecule has 2 rings (SSSR count). The Morgan fingerprint density at radius 2 is 2.35 bits per heavy atom. The quantitative estimate of drug-likeness (QED) is 0.880. The van der Waals surface area contributed by atoms with Crippen LogP contribution in [0.5, 0.6) is 0 Å². The smallest absolute Gasteiger partial charge is 0.245 e. The second-order valence-corrected chi connectivity index (χ2v) is 5.65. The number of carbonyl (C=O) groups excluding carboxylic acids is 1. The molecule has 1 aliphatic carbocycles. The third-order valence-corrected chi connectivity index (χ3v) is 4.26. The van der Waals surface area contributed by atoms with Crippen molar-refractivity contribution in [2.24, 2.45) is 11.1 Å². The van der Waals surface area contributed by atoms with Gasteiger partial charge in [0.25, 0.3) is 0 Å². The second-order valence-electron chi connectivity index (χ2n) is 5.65. The number of nitrogens with two attached hydrogens (primary N) is 1. The Morgan fingerprint density at radius 1 is 1.65 bits per heavy atom. The molecular weight excluding hydrogens is 261 g/mol. The summed E-state index contributed by atoms with van der Waals surface area (Å²) in [4.78, 5) is 16.0. The fourth-order valence-corrected chi connectivity index (χ4v) is 2.53. The molecule has 6 heteroatoms. The van der Waals surface area contributed by atoms with Gasteiger partial charge in [0.05, 0.1) is 18.0 Å². The van der Waals surface area contributed by atoms with Crippen LogP contribution < -0.4 is 11.1 Å². The minimum atomic E-state index is -1.07. The number of aromatic nitrogens is 1. The lowest BCUT2D eigenvalue weighted by Gasteiger charge is -2.57. The zero-order valence-corrected chi connectivity index (χ0v) is 11.9. The van der Waals surface area contributed by atoms with Gasteiger partial charge in [-0.25, -0.2) is 4.39 Å². The van der Waals surface area contributed by atoms with E-state index in [1.54, 1.807) is 0 Å². The Kier molecular flexibility index (Phi) is 3.80. The van der Waals surface area contributed by atoms with Crippen molar-refractivity contribution in [2.45, 2.75) is 38.8 Å². The number of ether oxygens (including phenoxy) is 1. The number of carbonyl (C=O) groups is 1. The van der Waals surface area contributed by atoms with Crippen LogP contribution in [-0.4, -0.2) is 29.1 Å². The van der Waals surface area contributed by atoms with Crippen molar-refractivity contribution in [3.8, 4) is 0 Å². The Bertz CT molecular complexity index is 521. The average Bonchev–Trinajstić information content (AvgIpc) is 2.40. The maximum atomic E-state index is 13.5. The normalized spacial score (nSPS) is 27.8. The minimum absolute atomic E-state index is 0.0643. The maximum Gasteiger partial charge on any atom is 0.245 e. The number of pyridine rings is 1. The summed E-state index contributed by atoms with van der Waals surface area (Å²) in [7, 11) is 0. The molecule has 1 aromatic rings. The number of halogens is 1. The molecule has 2 atom stereocenters. The lowest BCUT2D eigenvalue weighted by molar-refractivity contribution is -0.166. The lowest BCUT2D eigenvalue weighted by Crippen LogP contribution is -2.74. The van der Waals surface area contributed by atoms with Gasteiger partial charge in [-0.05, 0) is 13.0 Å². The molecule has 0 aromatic carbocycles. The number of amides is 1. The van der Waals surface area contributed by atoms with Crippen LogP contribution in [0.25, 0.3) is 0 Å². The molecule has 20 heavy (non-hydrogen) atoms. The van der Waals surface area contributed by atoms with Crippen LogP contribution in [0.2, 0.25) is 0 Å². The number of hydrogen-bond acceptors (Lipinski definition) is 4. The highest BCUT2D eigenvalue weighted by Gasteiger charge is 2.62. The highest BCUT2D eigenvalue weighted by Crippen LogP contribution is 2.50.